The third-order valence-electron chi connectivity index (χ3n) is 3.64. The van der Waals surface area contributed by atoms with Crippen molar-refractivity contribution in [3.8, 4) is 5.75 Å². The first kappa shape index (κ1) is 19.9. The molecule has 0 saturated carbocycles. The van der Waals surface area contributed by atoms with Gasteiger partial charge in [0.05, 0.1) is 19.2 Å². The van der Waals surface area contributed by atoms with Gasteiger partial charge in [-0.25, -0.2) is 9.98 Å². The molecule has 0 bridgehead atoms. The number of aliphatic imine (C=N–C) groups is 3. The molecule has 0 fully saturated rings. The maximum Gasteiger partial charge on any atom is 0.232 e. The number of thioether (sulfide) groups is 1. The Hall–Kier alpha value is -2.84. The molecule has 0 unspecified atom stereocenters. The van der Waals surface area contributed by atoms with Gasteiger partial charge in [0.15, 0.2) is 0 Å². The van der Waals surface area contributed by atoms with Crippen molar-refractivity contribution in [1.29, 1.82) is 0 Å². The van der Waals surface area contributed by atoms with E-state index < -0.39 is 0 Å². The predicted octanol–water partition coefficient (Wildman–Crippen LogP) is 3.40. The van der Waals surface area contributed by atoms with E-state index in [2.05, 4.69) is 20.3 Å². The van der Waals surface area contributed by atoms with E-state index in [4.69, 9.17) is 22.1 Å². The fraction of sp³-hybridized carbons (Fsp3) is 0.158. The quantitative estimate of drug-likeness (QED) is 0.444. The van der Waals surface area contributed by atoms with E-state index >= 15 is 0 Å². The molecule has 3 N–H and O–H groups in total. The summed E-state index contributed by atoms with van der Waals surface area (Å²) in [4.78, 5) is 25.7. The van der Waals surface area contributed by atoms with E-state index in [1.807, 2.05) is 24.3 Å². The SMILES string of the molecule is COc1ccc(N=C(N)N=C2N=C(CSc3ccc(Cl)cc3)CC(=O)N2)cc1. The fourth-order valence-corrected chi connectivity index (χ4v) is 3.28. The molecule has 3 rings (SSSR count). The van der Waals surface area contributed by atoms with Crippen molar-refractivity contribution < 1.29 is 9.53 Å². The number of hydrogen-bond donors (Lipinski definition) is 2. The van der Waals surface area contributed by atoms with Gasteiger partial charge in [-0.1, -0.05) is 11.6 Å². The maximum atomic E-state index is 12.0. The normalized spacial score (nSPS) is 15.9. The minimum absolute atomic E-state index is 0.00387. The third-order valence-corrected chi connectivity index (χ3v) is 4.97. The van der Waals surface area contributed by atoms with Crippen LogP contribution >= 0.6 is 23.4 Å². The maximum absolute atomic E-state index is 12.0. The molecule has 0 aliphatic carbocycles. The summed E-state index contributed by atoms with van der Waals surface area (Å²) in [5, 5.41) is 3.28. The molecule has 0 radical (unpaired) electrons. The molecule has 0 spiro atoms. The Morgan fingerprint density at radius 2 is 1.96 bits per heavy atom. The molecular formula is C19H18ClN5O2S. The molecule has 0 aromatic heterocycles. The highest BCUT2D eigenvalue weighted by molar-refractivity contribution is 8.00. The number of carbonyl (C=O) groups excluding carboxylic acids is 1. The van der Waals surface area contributed by atoms with Crippen LogP contribution in [-0.4, -0.2) is 36.4 Å². The number of amides is 1. The van der Waals surface area contributed by atoms with Crippen molar-refractivity contribution in [3.63, 3.8) is 0 Å². The smallest absolute Gasteiger partial charge is 0.232 e. The Bertz CT molecular complexity index is 940. The Morgan fingerprint density at radius 1 is 1.25 bits per heavy atom. The molecule has 7 nitrogen and oxygen atoms in total. The van der Waals surface area contributed by atoms with Crippen LogP contribution in [0.5, 0.6) is 5.75 Å². The van der Waals surface area contributed by atoms with Crippen LogP contribution in [0.2, 0.25) is 5.02 Å². The molecule has 1 aliphatic heterocycles. The van der Waals surface area contributed by atoms with Crippen molar-refractivity contribution in [1.82, 2.24) is 5.32 Å². The number of benzene rings is 2. The molecule has 144 valence electrons. The number of carbonyl (C=O) groups is 1. The first-order valence-corrected chi connectivity index (χ1v) is 9.70. The minimum Gasteiger partial charge on any atom is -0.497 e. The predicted molar refractivity (Wildman–Crippen MR) is 114 cm³/mol. The van der Waals surface area contributed by atoms with Gasteiger partial charge < -0.3 is 10.5 Å². The number of nitrogens with zero attached hydrogens (tertiary/aromatic N) is 3. The Labute approximate surface area is 171 Å². The fourth-order valence-electron chi connectivity index (χ4n) is 2.33. The zero-order valence-electron chi connectivity index (χ0n) is 15.1. The average Bonchev–Trinajstić information content (AvgIpc) is 2.67. The van der Waals surface area contributed by atoms with Gasteiger partial charge in [0.25, 0.3) is 0 Å². The van der Waals surface area contributed by atoms with Gasteiger partial charge >= 0.3 is 0 Å². The lowest BCUT2D eigenvalue weighted by atomic mass is 10.2. The Morgan fingerprint density at radius 3 is 2.64 bits per heavy atom. The lowest BCUT2D eigenvalue weighted by molar-refractivity contribution is -0.118. The van der Waals surface area contributed by atoms with Gasteiger partial charge in [0.2, 0.25) is 17.8 Å². The number of nitrogens with two attached hydrogens (primary N) is 1. The van der Waals surface area contributed by atoms with Crippen LogP contribution in [0.25, 0.3) is 0 Å². The van der Waals surface area contributed by atoms with Crippen molar-refractivity contribution in [3.05, 3.63) is 53.6 Å². The van der Waals surface area contributed by atoms with Crippen LogP contribution in [0.15, 0.2) is 68.4 Å². The molecule has 1 heterocycles. The summed E-state index contributed by atoms with van der Waals surface area (Å²) in [6.07, 6.45) is 0.217. The number of methoxy groups -OCH3 is 1. The van der Waals surface area contributed by atoms with E-state index in [1.165, 1.54) is 0 Å². The van der Waals surface area contributed by atoms with Gasteiger partial charge in [-0.2, -0.15) is 4.99 Å². The summed E-state index contributed by atoms with van der Waals surface area (Å²) in [6.45, 7) is 0. The number of hydrogen-bond acceptors (Lipinski definition) is 4. The monoisotopic (exact) mass is 415 g/mol. The Balaban J connectivity index is 1.70. The van der Waals surface area contributed by atoms with Crippen molar-refractivity contribution in [2.45, 2.75) is 11.3 Å². The average molecular weight is 416 g/mol. The topological polar surface area (TPSA) is 101 Å². The zero-order valence-corrected chi connectivity index (χ0v) is 16.6. The van der Waals surface area contributed by atoms with Crippen LogP contribution in [0, 0.1) is 0 Å². The second kappa shape index (κ2) is 9.38. The van der Waals surface area contributed by atoms with Gasteiger partial charge in [0.1, 0.15) is 5.75 Å². The number of rotatable bonds is 5. The largest absolute Gasteiger partial charge is 0.497 e. The molecular weight excluding hydrogens is 398 g/mol. The number of nitrogens with one attached hydrogen (secondary N) is 1. The first-order chi connectivity index (χ1) is 13.5. The van der Waals surface area contributed by atoms with E-state index in [1.54, 1.807) is 43.1 Å². The zero-order chi connectivity index (χ0) is 19.9. The summed E-state index contributed by atoms with van der Waals surface area (Å²) >= 11 is 7.46. The number of ether oxygens (including phenoxy) is 1. The van der Waals surface area contributed by atoms with Crippen LogP contribution in [-0.2, 0) is 4.79 Å². The summed E-state index contributed by atoms with van der Waals surface area (Å²) in [7, 11) is 1.59. The molecule has 1 aliphatic rings. The lowest BCUT2D eigenvalue weighted by Crippen LogP contribution is -2.37. The summed E-state index contributed by atoms with van der Waals surface area (Å²) < 4.78 is 5.10. The van der Waals surface area contributed by atoms with E-state index in [0.717, 1.165) is 10.6 Å². The van der Waals surface area contributed by atoms with Crippen molar-refractivity contribution in [2.24, 2.45) is 20.7 Å². The molecule has 28 heavy (non-hydrogen) atoms. The van der Waals surface area contributed by atoms with Gasteiger partial charge in [-0.15, -0.1) is 11.8 Å². The molecule has 9 heteroatoms. The highest BCUT2D eigenvalue weighted by Crippen LogP contribution is 2.21. The van der Waals surface area contributed by atoms with E-state index in [9.17, 15) is 4.79 Å². The molecule has 1 amide bonds. The first-order valence-electron chi connectivity index (χ1n) is 8.33. The standard InChI is InChI=1S/C19H18ClN5O2S/c1-27-15-6-4-13(5-7-15)22-18(21)25-19-23-14(10-17(26)24-19)11-28-16-8-2-12(20)3-9-16/h2-9H,10-11H2,1H3,(H3,21,22,24,25,26). The van der Waals surface area contributed by atoms with Gasteiger partial charge in [0, 0.05) is 21.4 Å². The summed E-state index contributed by atoms with van der Waals surface area (Å²) in [5.41, 5.74) is 7.20. The highest BCUT2D eigenvalue weighted by Gasteiger charge is 2.17. The Kier molecular flexibility index (Phi) is 6.67. The van der Waals surface area contributed by atoms with Crippen molar-refractivity contribution in [2.75, 3.05) is 12.9 Å². The van der Waals surface area contributed by atoms with Crippen LogP contribution in [0.1, 0.15) is 6.42 Å². The van der Waals surface area contributed by atoms with Crippen LogP contribution in [0.3, 0.4) is 0 Å². The molecule has 2 aromatic carbocycles. The minimum atomic E-state index is -0.183. The summed E-state index contributed by atoms with van der Waals surface area (Å²) in [5.74, 6) is 1.23. The molecule has 0 saturated heterocycles. The highest BCUT2D eigenvalue weighted by atomic mass is 35.5. The molecule has 0 atom stereocenters. The third kappa shape index (κ3) is 5.83. The lowest BCUT2D eigenvalue weighted by Gasteiger charge is -2.14. The van der Waals surface area contributed by atoms with Gasteiger partial charge in [-0.05, 0) is 48.5 Å². The number of halogens is 1. The van der Waals surface area contributed by atoms with E-state index in [0.29, 0.717) is 22.2 Å². The van der Waals surface area contributed by atoms with E-state index in [-0.39, 0.29) is 24.2 Å². The van der Waals surface area contributed by atoms with Crippen LogP contribution < -0.4 is 15.8 Å². The van der Waals surface area contributed by atoms with Crippen molar-refractivity contribution >= 4 is 52.6 Å². The molecule has 2 aromatic rings. The summed E-state index contributed by atoms with van der Waals surface area (Å²) in [6, 6.07) is 14.5. The van der Waals surface area contributed by atoms with Crippen LogP contribution in [0.4, 0.5) is 5.69 Å². The number of guanidine groups is 2. The second-order valence-electron chi connectivity index (χ2n) is 5.75. The van der Waals surface area contributed by atoms with Gasteiger partial charge in [-0.3, -0.25) is 10.1 Å². The second-order valence-corrected chi connectivity index (χ2v) is 7.23.